The van der Waals surface area contributed by atoms with Crippen LogP contribution in [0.15, 0.2) is 47.6 Å². The smallest absolute Gasteiger partial charge is 0.252 e. The van der Waals surface area contributed by atoms with Crippen LogP contribution in [0.1, 0.15) is 29.8 Å². The summed E-state index contributed by atoms with van der Waals surface area (Å²) in [6.45, 7) is 4.06. The lowest BCUT2D eigenvalue weighted by Crippen LogP contribution is -2.33. The molecule has 0 aliphatic carbocycles. The molecule has 0 aliphatic heterocycles. The first-order chi connectivity index (χ1) is 11.7. The molecule has 0 aliphatic rings. The summed E-state index contributed by atoms with van der Waals surface area (Å²) < 4.78 is 26.2. The zero-order valence-corrected chi connectivity index (χ0v) is 15.2. The highest BCUT2D eigenvalue weighted by atomic mass is 32.2. The molecule has 1 heterocycles. The summed E-state index contributed by atoms with van der Waals surface area (Å²) in [5.74, 6) is -0.561. The molecule has 3 N–H and O–H groups in total. The maximum absolute atomic E-state index is 12.4. The number of primary amides is 1. The molecule has 0 saturated carbocycles. The predicted molar refractivity (Wildman–Crippen MR) is 96.6 cm³/mol. The van der Waals surface area contributed by atoms with Crippen LogP contribution in [0.3, 0.4) is 0 Å². The fraction of sp³-hybridized carbons (Fsp3) is 0.294. The Morgan fingerprint density at radius 1 is 1.24 bits per heavy atom. The SMILES string of the molecule is CC(C)N(C)S(=O)(=O)c1ccc(CNc2ccncc2C(N)=O)cc1. The van der Waals surface area contributed by atoms with Crippen molar-refractivity contribution in [2.24, 2.45) is 5.73 Å². The zero-order valence-electron chi connectivity index (χ0n) is 14.4. The van der Waals surface area contributed by atoms with Crippen molar-refractivity contribution in [3.05, 3.63) is 53.9 Å². The molecule has 2 aromatic rings. The summed E-state index contributed by atoms with van der Waals surface area (Å²) in [7, 11) is -1.94. The second-order valence-corrected chi connectivity index (χ2v) is 7.90. The molecular formula is C17H22N4O3S. The van der Waals surface area contributed by atoms with Crippen molar-refractivity contribution in [3.8, 4) is 0 Å². The van der Waals surface area contributed by atoms with E-state index in [1.165, 1.54) is 10.5 Å². The second kappa shape index (κ2) is 7.62. The molecule has 7 nitrogen and oxygen atoms in total. The molecule has 0 unspecified atom stereocenters. The van der Waals surface area contributed by atoms with E-state index in [4.69, 9.17) is 5.73 Å². The minimum Gasteiger partial charge on any atom is -0.380 e. The van der Waals surface area contributed by atoms with Gasteiger partial charge in [0.05, 0.1) is 16.1 Å². The van der Waals surface area contributed by atoms with E-state index in [1.54, 1.807) is 43.6 Å². The average Bonchev–Trinajstić information content (AvgIpc) is 2.59. The number of nitrogens with two attached hydrogens (primary N) is 1. The highest BCUT2D eigenvalue weighted by Gasteiger charge is 2.22. The van der Waals surface area contributed by atoms with Crippen molar-refractivity contribution < 1.29 is 13.2 Å². The summed E-state index contributed by atoms with van der Waals surface area (Å²) in [5.41, 5.74) is 7.08. The number of hydrogen-bond donors (Lipinski definition) is 2. The lowest BCUT2D eigenvalue weighted by atomic mass is 10.2. The van der Waals surface area contributed by atoms with Gasteiger partial charge in [-0.05, 0) is 37.6 Å². The Balaban J connectivity index is 2.13. The molecule has 0 atom stereocenters. The topological polar surface area (TPSA) is 105 Å². The van der Waals surface area contributed by atoms with Crippen LogP contribution in [0.4, 0.5) is 5.69 Å². The molecule has 1 aromatic carbocycles. The van der Waals surface area contributed by atoms with Crippen LogP contribution in [0.25, 0.3) is 0 Å². The van der Waals surface area contributed by atoms with Gasteiger partial charge in [-0.25, -0.2) is 8.42 Å². The van der Waals surface area contributed by atoms with Crippen molar-refractivity contribution in [1.29, 1.82) is 0 Å². The molecule has 0 radical (unpaired) electrons. The summed E-state index contributed by atoms with van der Waals surface area (Å²) in [6.07, 6.45) is 2.97. The summed E-state index contributed by atoms with van der Waals surface area (Å²) in [6, 6.07) is 8.17. The number of carbonyl (C=O) groups is 1. The van der Waals surface area contributed by atoms with Crippen LogP contribution >= 0.6 is 0 Å². The first-order valence-electron chi connectivity index (χ1n) is 7.78. The number of aromatic nitrogens is 1. The van der Waals surface area contributed by atoms with Crippen LogP contribution in [0, 0.1) is 0 Å². The Hall–Kier alpha value is -2.45. The van der Waals surface area contributed by atoms with Crippen molar-refractivity contribution in [3.63, 3.8) is 0 Å². The number of pyridine rings is 1. The van der Waals surface area contributed by atoms with Gasteiger partial charge in [-0.3, -0.25) is 9.78 Å². The van der Waals surface area contributed by atoms with Crippen LogP contribution in [-0.4, -0.2) is 36.7 Å². The highest BCUT2D eigenvalue weighted by Crippen LogP contribution is 2.18. The molecular weight excluding hydrogens is 340 g/mol. The van der Waals surface area contributed by atoms with Crippen LogP contribution in [0.2, 0.25) is 0 Å². The molecule has 8 heteroatoms. The molecule has 0 saturated heterocycles. The number of rotatable bonds is 7. The quantitative estimate of drug-likeness (QED) is 0.781. The average molecular weight is 362 g/mol. The normalized spacial score (nSPS) is 11.7. The minimum absolute atomic E-state index is 0.120. The summed E-state index contributed by atoms with van der Waals surface area (Å²) >= 11 is 0. The summed E-state index contributed by atoms with van der Waals surface area (Å²) in [5, 5.41) is 3.11. The molecule has 1 aromatic heterocycles. The molecule has 2 rings (SSSR count). The Morgan fingerprint density at radius 2 is 1.88 bits per heavy atom. The third-order valence-electron chi connectivity index (χ3n) is 3.90. The van der Waals surface area contributed by atoms with Gasteiger partial charge in [0, 0.05) is 32.0 Å². The molecule has 1 amide bonds. The number of nitrogens with zero attached hydrogens (tertiary/aromatic N) is 2. The first kappa shape index (κ1) is 18.9. The number of sulfonamides is 1. The third-order valence-corrected chi connectivity index (χ3v) is 5.94. The van der Waals surface area contributed by atoms with Gasteiger partial charge in [-0.1, -0.05) is 12.1 Å². The van der Waals surface area contributed by atoms with Gasteiger partial charge in [0.25, 0.3) is 5.91 Å². The largest absolute Gasteiger partial charge is 0.380 e. The minimum atomic E-state index is -3.50. The van der Waals surface area contributed by atoms with E-state index in [2.05, 4.69) is 10.3 Å². The first-order valence-corrected chi connectivity index (χ1v) is 9.22. The Bertz CT molecular complexity index is 848. The lowest BCUT2D eigenvalue weighted by molar-refractivity contribution is 0.100. The van der Waals surface area contributed by atoms with E-state index < -0.39 is 15.9 Å². The van der Waals surface area contributed by atoms with E-state index in [-0.39, 0.29) is 10.9 Å². The van der Waals surface area contributed by atoms with Gasteiger partial charge in [0.1, 0.15) is 0 Å². The maximum Gasteiger partial charge on any atom is 0.252 e. The summed E-state index contributed by atoms with van der Waals surface area (Å²) in [4.78, 5) is 15.5. The highest BCUT2D eigenvalue weighted by molar-refractivity contribution is 7.89. The number of benzene rings is 1. The van der Waals surface area contributed by atoms with Crippen molar-refractivity contribution >= 4 is 21.6 Å². The van der Waals surface area contributed by atoms with Gasteiger partial charge in [-0.15, -0.1) is 0 Å². The second-order valence-electron chi connectivity index (χ2n) is 5.90. The fourth-order valence-electron chi connectivity index (χ4n) is 2.17. The van der Waals surface area contributed by atoms with E-state index in [0.29, 0.717) is 17.8 Å². The van der Waals surface area contributed by atoms with Gasteiger partial charge in [0.15, 0.2) is 0 Å². The van der Waals surface area contributed by atoms with E-state index in [1.807, 2.05) is 13.8 Å². The molecule has 0 bridgehead atoms. The third kappa shape index (κ3) is 4.34. The monoisotopic (exact) mass is 362 g/mol. The maximum atomic E-state index is 12.4. The van der Waals surface area contributed by atoms with E-state index in [9.17, 15) is 13.2 Å². The van der Waals surface area contributed by atoms with Gasteiger partial charge in [0.2, 0.25) is 10.0 Å². The van der Waals surface area contributed by atoms with Crippen molar-refractivity contribution in [2.45, 2.75) is 31.3 Å². The Labute approximate surface area is 147 Å². The molecule has 134 valence electrons. The molecule has 0 spiro atoms. The van der Waals surface area contributed by atoms with Gasteiger partial charge in [-0.2, -0.15) is 4.31 Å². The van der Waals surface area contributed by atoms with Crippen LogP contribution in [0.5, 0.6) is 0 Å². The zero-order chi connectivity index (χ0) is 18.6. The van der Waals surface area contributed by atoms with Gasteiger partial charge < -0.3 is 11.1 Å². The standard InChI is InChI=1S/C17H22N4O3S/c1-12(2)21(3)25(23,24)14-6-4-13(5-7-14)10-20-16-8-9-19-11-15(16)17(18)22/h4-9,11-12H,10H2,1-3H3,(H2,18,22)(H,19,20). The number of anilines is 1. The number of carbonyl (C=O) groups excluding carboxylic acids is 1. The van der Waals surface area contributed by atoms with Crippen molar-refractivity contribution in [2.75, 3.05) is 12.4 Å². The Kier molecular flexibility index (Phi) is 5.76. The predicted octanol–water partition coefficient (Wildman–Crippen LogP) is 1.82. The lowest BCUT2D eigenvalue weighted by Gasteiger charge is -2.21. The molecule has 0 fully saturated rings. The Morgan fingerprint density at radius 3 is 2.44 bits per heavy atom. The van der Waals surface area contributed by atoms with Gasteiger partial charge >= 0.3 is 0 Å². The van der Waals surface area contributed by atoms with E-state index in [0.717, 1.165) is 5.56 Å². The van der Waals surface area contributed by atoms with E-state index >= 15 is 0 Å². The fourth-order valence-corrected chi connectivity index (χ4v) is 3.53. The van der Waals surface area contributed by atoms with Crippen LogP contribution < -0.4 is 11.1 Å². The molecule has 25 heavy (non-hydrogen) atoms. The number of nitrogens with one attached hydrogen (secondary N) is 1. The van der Waals surface area contributed by atoms with Crippen molar-refractivity contribution in [1.82, 2.24) is 9.29 Å². The number of amides is 1. The number of hydrogen-bond acceptors (Lipinski definition) is 5. The van der Waals surface area contributed by atoms with Crippen LogP contribution in [-0.2, 0) is 16.6 Å².